The van der Waals surface area contributed by atoms with Gasteiger partial charge in [0.2, 0.25) is 0 Å². The molecular formula is C28H27N4P. The zero-order valence-corrected chi connectivity index (χ0v) is 19.3. The molecule has 0 fully saturated rings. The SMILES string of the molecule is N#C/C(NN)=C(/N)c1ccc(C[PH](c2ccccc2)(c2ccccc2)c2ccccc2)cc1. The number of nitriles is 1. The van der Waals surface area contributed by atoms with Crippen LogP contribution in [0.15, 0.2) is 121 Å². The minimum atomic E-state index is -2.37. The minimum absolute atomic E-state index is 0.157. The number of benzene rings is 4. The van der Waals surface area contributed by atoms with E-state index in [1.165, 1.54) is 21.5 Å². The summed E-state index contributed by atoms with van der Waals surface area (Å²) in [6, 6.07) is 42.6. The number of nitrogens with two attached hydrogens (primary N) is 2. The molecule has 5 N–H and O–H groups in total. The van der Waals surface area contributed by atoms with Gasteiger partial charge in [-0.2, -0.15) is 0 Å². The fourth-order valence-electron chi connectivity index (χ4n) is 4.40. The Bertz CT molecular complexity index is 1170. The molecule has 5 heteroatoms. The summed E-state index contributed by atoms with van der Waals surface area (Å²) in [5, 5.41) is 13.3. The van der Waals surface area contributed by atoms with Crippen LogP contribution in [-0.2, 0) is 6.16 Å². The van der Waals surface area contributed by atoms with E-state index in [0.717, 1.165) is 11.7 Å². The first-order valence-electron chi connectivity index (χ1n) is 10.8. The number of hydrogen-bond donors (Lipinski definition) is 3. The second-order valence-corrected chi connectivity index (χ2v) is 11.8. The Morgan fingerprint density at radius 3 is 1.48 bits per heavy atom. The van der Waals surface area contributed by atoms with Crippen molar-refractivity contribution in [2.75, 3.05) is 0 Å². The van der Waals surface area contributed by atoms with Crippen LogP contribution in [0.2, 0.25) is 0 Å². The molecule has 4 rings (SSSR count). The Balaban J connectivity index is 1.87. The quantitative estimate of drug-likeness (QED) is 0.174. The third kappa shape index (κ3) is 4.52. The maximum absolute atomic E-state index is 9.22. The molecule has 33 heavy (non-hydrogen) atoms. The molecule has 0 unspecified atom stereocenters. The zero-order chi connectivity index (χ0) is 23.1. The first-order chi connectivity index (χ1) is 16.2. The van der Waals surface area contributed by atoms with E-state index < -0.39 is 7.26 Å². The molecule has 0 saturated carbocycles. The zero-order valence-electron chi connectivity index (χ0n) is 18.3. The molecule has 0 radical (unpaired) electrons. The van der Waals surface area contributed by atoms with E-state index in [1.807, 2.05) is 18.2 Å². The average molecular weight is 451 g/mol. The Morgan fingerprint density at radius 2 is 1.12 bits per heavy atom. The van der Waals surface area contributed by atoms with E-state index in [2.05, 4.69) is 109 Å². The van der Waals surface area contributed by atoms with E-state index >= 15 is 0 Å². The molecule has 0 amide bonds. The van der Waals surface area contributed by atoms with Crippen molar-refractivity contribution in [3.63, 3.8) is 0 Å². The average Bonchev–Trinajstić information content (AvgIpc) is 2.90. The molecule has 4 nitrogen and oxygen atoms in total. The van der Waals surface area contributed by atoms with Crippen molar-refractivity contribution in [3.8, 4) is 6.07 Å². The van der Waals surface area contributed by atoms with Crippen LogP contribution in [0.1, 0.15) is 11.1 Å². The maximum atomic E-state index is 9.22. The van der Waals surface area contributed by atoms with Crippen LogP contribution < -0.4 is 32.9 Å². The Labute approximate surface area is 195 Å². The summed E-state index contributed by atoms with van der Waals surface area (Å²) in [4.78, 5) is 0. The summed E-state index contributed by atoms with van der Waals surface area (Å²) in [5.74, 6) is 5.42. The van der Waals surface area contributed by atoms with Crippen LogP contribution in [0.25, 0.3) is 5.70 Å². The Hall–Kier alpha value is -3.90. The number of hydrazine groups is 1. The molecule has 4 aromatic carbocycles. The normalized spacial score (nSPS) is 12.4. The predicted octanol–water partition coefficient (Wildman–Crippen LogP) is 3.53. The van der Waals surface area contributed by atoms with Gasteiger partial charge in [0, 0.05) is 0 Å². The molecule has 0 spiro atoms. The Kier molecular flexibility index (Phi) is 6.86. The van der Waals surface area contributed by atoms with Gasteiger partial charge in [-0.25, -0.2) is 0 Å². The summed E-state index contributed by atoms with van der Waals surface area (Å²) in [5.41, 5.74) is 11.0. The van der Waals surface area contributed by atoms with Crippen molar-refractivity contribution in [1.29, 1.82) is 5.26 Å². The van der Waals surface area contributed by atoms with Crippen LogP contribution in [0, 0.1) is 11.3 Å². The fourth-order valence-corrected chi connectivity index (χ4v) is 9.14. The van der Waals surface area contributed by atoms with Crippen molar-refractivity contribution in [2.24, 2.45) is 11.6 Å². The third-order valence-electron chi connectivity index (χ3n) is 6.06. The molecule has 0 aliphatic rings. The predicted molar refractivity (Wildman–Crippen MR) is 141 cm³/mol. The van der Waals surface area contributed by atoms with Gasteiger partial charge in [0.05, 0.1) is 0 Å². The molecule has 0 bridgehead atoms. The van der Waals surface area contributed by atoms with Gasteiger partial charge in [-0.15, -0.1) is 0 Å². The van der Waals surface area contributed by atoms with Crippen molar-refractivity contribution < 1.29 is 0 Å². The van der Waals surface area contributed by atoms with E-state index in [9.17, 15) is 5.26 Å². The topological polar surface area (TPSA) is 87.9 Å². The van der Waals surface area contributed by atoms with Gasteiger partial charge in [-0.1, -0.05) is 0 Å². The first-order valence-corrected chi connectivity index (χ1v) is 13.0. The van der Waals surface area contributed by atoms with Crippen LogP contribution in [-0.4, -0.2) is 0 Å². The van der Waals surface area contributed by atoms with Crippen molar-refractivity contribution in [1.82, 2.24) is 5.43 Å². The summed E-state index contributed by atoms with van der Waals surface area (Å²) in [6.45, 7) is 0. The number of nitrogens with zero attached hydrogens (tertiary/aromatic N) is 1. The molecule has 0 aliphatic heterocycles. The Morgan fingerprint density at radius 1 is 0.697 bits per heavy atom. The van der Waals surface area contributed by atoms with E-state index in [0.29, 0.717) is 5.70 Å². The number of rotatable bonds is 7. The molecule has 0 atom stereocenters. The van der Waals surface area contributed by atoms with Crippen LogP contribution >= 0.6 is 7.26 Å². The van der Waals surface area contributed by atoms with Crippen molar-refractivity contribution in [2.45, 2.75) is 6.16 Å². The van der Waals surface area contributed by atoms with Crippen LogP contribution in [0.3, 0.4) is 0 Å². The summed E-state index contributed by atoms with van der Waals surface area (Å²) in [7, 11) is -2.37. The molecule has 0 aliphatic carbocycles. The molecular weight excluding hydrogens is 423 g/mol. The van der Waals surface area contributed by atoms with Gasteiger partial charge in [0.15, 0.2) is 0 Å². The van der Waals surface area contributed by atoms with Gasteiger partial charge < -0.3 is 0 Å². The first kappa shape index (κ1) is 22.3. The van der Waals surface area contributed by atoms with E-state index in [-0.39, 0.29) is 5.70 Å². The molecule has 4 aromatic rings. The van der Waals surface area contributed by atoms with Crippen molar-refractivity contribution in [3.05, 3.63) is 132 Å². The number of allylic oxidation sites excluding steroid dienone is 1. The van der Waals surface area contributed by atoms with Crippen molar-refractivity contribution >= 4 is 28.9 Å². The van der Waals surface area contributed by atoms with Gasteiger partial charge in [-0.3, -0.25) is 0 Å². The number of nitrogens with one attached hydrogen (secondary N) is 1. The van der Waals surface area contributed by atoms with Crippen LogP contribution in [0.4, 0.5) is 0 Å². The molecule has 164 valence electrons. The second-order valence-electron chi connectivity index (χ2n) is 7.92. The summed E-state index contributed by atoms with van der Waals surface area (Å²) >= 11 is 0. The van der Waals surface area contributed by atoms with Gasteiger partial charge >= 0.3 is 195 Å². The fraction of sp³-hybridized carbons (Fsp3) is 0.0357. The molecule has 0 saturated heterocycles. The van der Waals surface area contributed by atoms with Gasteiger partial charge in [0.1, 0.15) is 0 Å². The summed E-state index contributed by atoms with van der Waals surface area (Å²) < 4.78 is 0. The standard InChI is InChI=1S/C28H27N4P/c29-20-27(32-31)28(30)23-18-16-22(17-19-23)21-33(24-10-4-1-5-11-24,25-12-6-2-7-13-25)26-14-8-3-9-15-26/h1-19,32-33H,21,30-31H2/b28-27-. The molecule has 0 heterocycles. The van der Waals surface area contributed by atoms with Crippen LogP contribution in [0.5, 0.6) is 0 Å². The summed E-state index contributed by atoms with van der Waals surface area (Å²) in [6.07, 6.45) is 0.898. The van der Waals surface area contributed by atoms with Gasteiger partial charge in [-0.05, 0) is 0 Å². The van der Waals surface area contributed by atoms with E-state index in [1.54, 1.807) is 0 Å². The monoisotopic (exact) mass is 450 g/mol. The molecule has 0 aromatic heterocycles. The third-order valence-corrected chi connectivity index (χ3v) is 11.0. The number of hydrogen-bond acceptors (Lipinski definition) is 4. The van der Waals surface area contributed by atoms with Gasteiger partial charge in [0.25, 0.3) is 0 Å². The van der Waals surface area contributed by atoms with E-state index in [4.69, 9.17) is 11.6 Å². The second kappa shape index (κ2) is 10.1.